The molecule has 2 aliphatic carbocycles. The molecule has 9 heteroatoms. The molecule has 1 atom stereocenters. The molecule has 3 aromatic rings. The SMILES string of the molecule is NC1CCC(Nc2nc(NN3CCC(C[C@@H](O)c4ccccc4)CC3)c3ncn(C4CCCC4)c3n2)CC1. The van der Waals surface area contributed by atoms with Crippen molar-refractivity contribution in [2.24, 2.45) is 11.7 Å². The highest BCUT2D eigenvalue weighted by Crippen LogP contribution is 2.34. The van der Waals surface area contributed by atoms with Crippen molar-refractivity contribution < 1.29 is 5.11 Å². The van der Waals surface area contributed by atoms with Crippen molar-refractivity contribution in [3.8, 4) is 0 Å². The lowest BCUT2D eigenvalue weighted by molar-refractivity contribution is 0.115. The highest BCUT2D eigenvalue weighted by Gasteiger charge is 2.26. The van der Waals surface area contributed by atoms with Crippen LogP contribution in [0.2, 0.25) is 0 Å². The van der Waals surface area contributed by atoms with Crippen molar-refractivity contribution in [2.75, 3.05) is 23.8 Å². The summed E-state index contributed by atoms with van der Waals surface area (Å²) in [6.45, 7) is 1.81. The lowest BCUT2D eigenvalue weighted by Crippen LogP contribution is -2.38. The smallest absolute Gasteiger partial charge is 0.227 e. The Labute approximate surface area is 225 Å². The predicted molar refractivity (Wildman–Crippen MR) is 151 cm³/mol. The summed E-state index contributed by atoms with van der Waals surface area (Å²) < 4.78 is 2.27. The van der Waals surface area contributed by atoms with Crippen molar-refractivity contribution in [3.63, 3.8) is 0 Å². The molecule has 204 valence electrons. The third kappa shape index (κ3) is 5.80. The number of imidazole rings is 1. The van der Waals surface area contributed by atoms with Gasteiger partial charge >= 0.3 is 0 Å². The molecule has 38 heavy (non-hydrogen) atoms. The minimum absolute atomic E-state index is 0.314. The van der Waals surface area contributed by atoms with E-state index in [0.29, 0.717) is 30.0 Å². The van der Waals surface area contributed by atoms with Crippen LogP contribution < -0.4 is 16.5 Å². The number of fused-ring (bicyclic) bond motifs is 1. The monoisotopic (exact) mass is 518 g/mol. The van der Waals surface area contributed by atoms with Gasteiger partial charge in [-0.1, -0.05) is 43.2 Å². The van der Waals surface area contributed by atoms with Gasteiger partial charge in [-0.3, -0.25) is 0 Å². The van der Waals surface area contributed by atoms with Crippen LogP contribution in [0.25, 0.3) is 11.2 Å². The number of rotatable bonds is 8. The predicted octanol–water partition coefficient (Wildman–Crippen LogP) is 4.79. The van der Waals surface area contributed by atoms with Gasteiger partial charge in [0.2, 0.25) is 5.95 Å². The molecule has 3 heterocycles. The number of hydrazine groups is 1. The van der Waals surface area contributed by atoms with Gasteiger partial charge in [0.1, 0.15) is 0 Å². The maximum absolute atomic E-state index is 10.7. The minimum atomic E-state index is -0.398. The topological polar surface area (TPSA) is 117 Å². The summed E-state index contributed by atoms with van der Waals surface area (Å²) in [5, 5.41) is 16.6. The van der Waals surface area contributed by atoms with E-state index in [0.717, 1.165) is 80.6 Å². The fourth-order valence-corrected chi connectivity index (χ4v) is 6.51. The number of aromatic nitrogens is 4. The van der Waals surface area contributed by atoms with Crippen LogP contribution in [0.1, 0.15) is 88.3 Å². The molecule has 0 bridgehead atoms. The molecule has 9 nitrogen and oxygen atoms in total. The van der Waals surface area contributed by atoms with E-state index in [1.807, 2.05) is 36.7 Å². The van der Waals surface area contributed by atoms with Gasteiger partial charge in [0, 0.05) is 31.2 Å². The van der Waals surface area contributed by atoms with E-state index in [-0.39, 0.29) is 0 Å². The quantitative estimate of drug-likeness (QED) is 0.336. The Bertz CT molecular complexity index is 1180. The van der Waals surface area contributed by atoms with Gasteiger partial charge in [0.05, 0.1) is 12.4 Å². The third-order valence-corrected chi connectivity index (χ3v) is 8.86. The van der Waals surface area contributed by atoms with Crippen LogP contribution in [-0.4, -0.2) is 54.8 Å². The van der Waals surface area contributed by atoms with Gasteiger partial charge in [-0.25, -0.2) is 9.99 Å². The number of nitrogens with one attached hydrogen (secondary N) is 2. The molecule has 1 saturated heterocycles. The Morgan fingerprint density at radius 2 is 1.68 bits per heavy atom. The first-order chi connectivity index (χ1) is 18.6. The maximum atomic E-state index is 10.7. The fraction of sp³-hybridized carbons (Fsp3) is 0.621. The molecule has 3 aliphatic rings. The molecule has 0 unspecified atom stereocenters. The van der Waals surface area contributed by atoms with Crippen molar-refractivity contribution in [2.45, 2.75) is 94.9 Å². The Kier molecular flexibility index (Phi) is 7.76. The number of nitrogens with two attached hydrogens (primary N) is 1. The maximum Gasteiger partial charge on any atom is 0.227 e. The number of aliphatic hydroxyl groups excluding tert-OH is 1. The number of anilines is 2. The van der Waals surface area contributed by atoms with Gasteiger partial charge in [-0.15, -0.1) is 0 Å². The number of piperidine rings is 1. The molecule has 1 aliphatic heterocycles. The second kappa shape index (κ2) is 11.6. The summed E-state index contributed by atoms with van der Waals surface area (Å²) in [6.07, 6.45) is 13.5. The zero-order chi connectivity index (χ0) is 25.9. The highest BCUT2D eigenvalue weighted by atomic mass is 16.3. The number of aliphatic hydroxyl groups is 1. The molecule has 0 spiro atoms. The summed E-state index contributed by atoms with van der Waals surface area (Å²) in [4.78, 5) is 14.7. The Hall–Kier alpha value is -2.75. The van der Waals surface area contributed by atoms with Crippen molar-refractivity contribution >= 4 is 22.9 Å². The first kappa shape index (κ1) is 25.5. The molecule has 2 saturated carbocycles. The number of nitrogens with zero attached hydrogens (tertiary/aromatic N) is 5. The van der Waals surface area contributed by atoms with Crippen LogP contribution in [0, 0.1) is 5.92 Å². The van der Waals surface area contributed by atoms with Gasteiger partial charge in [0.15, 0.2) is 17.0 Å². The van der Waals surface area contributed by atoms with E-state index in [9.17, 15) is 5.11 Å². The van der Waals surface area contributed by atoms with Gasteiger partial charge in [-0.05, 0) is 69.3 Å². The Morgan fingerprint density at radius 3 is 2.42 bits per heavy atom. The van der Waals surface area contributed by atoms with Crippen LogP contribution in [0.15, 0.2) is 36.7 Å². The van der Waals surface area contributed by atoms with E-state index >= 15 is 0 Å². The number of hydrogen-bond acceptors (Lipinski definition) is 8. The second-order valence-corrected chi connectivity index (χ2v) is 11.6. The van der Waals surface area contributed by atoms with Gasteiger partial charge < -0.3 is 26.1 Å². The second-order valence-electron chi connectivity index (χ2n) is 11.6. The normalized spacial score (nSPS) is 24.6. The molecule has 0 radical (unpaired) electrons. The van der Waals surface area contributed by atoms with Crippen LogP contribution in [-0.2, 0) is 0 Å². The minimum Gasteiger partial charge on any atom is -0.388 e. The van der Waals surface area contributed by atoms with Crippen LogP contribution >= 0.6 is 0 Å². The zero-order valence-corrected chi connectivity index (χ0v) is 22.3. The van der Waals surface area contributed by atoms with E-state index < -0.39 is 6.10 Å². The summed E-state index contributed by atoms with van der Waals surface area (Å²) in [5.74, 6) is 1.97. The molecular formula is C29H42N8O. The number of benzene rings is 1. The van der Waals surface area contributed by atoms with Gasteiger partial charge in [-0.2, -0.15) is 9.97 Å². The Balaban J connectivity index is 1.16. The number of hydrogen-bond donors (Lipinski definition) is 4. The van der Waals surface area contributed by atoms with Crippen LogP contribution in [0.5, 0.6) is 0 Å². The van der Waals surface area contributed by atoms with E-state index in [4.69, 9.17) is 20.7 Å². The van der Waals surface area contributed by atoms with Gasteiger partial charge in [0.25, 0.3) is 0 Å². The summed E-state index contributed by atoms with van der Waals surface area (Å²) >= 11 is 0. The van der Waals surface area contributed by atoms with Crippen molar-refractivity contribution in [1.29, 1.82) is 0 Å². The first-order valence-corrected chi connectivity index (χ1v) is 14.6. The Morgan fingerprint density at radius 1 is 0.947 bits per heavy atom. The fourth-order valence-electron chi connectivity index (χ4n) is 6.51. The molecule has 1 aromatic carbocycles. The van der Waals surface area contributed by atoms with E-state index in [1.165, 1.54) is 25.7 Å². The standard InChI is InChI=1S/C29H42N8O/c30-22-10-12-23(13-11-22)32-29-33-27(26-28(34-29)37(19-31-26)24-8-4-5-9-24)35-36-16-14-20(15-17-36)18-25(38)21-6-2-1-3-7-21/h1-3,6-7,19-20,22-25,38H,4-5,8-18,30H2,(H2,32,33,34,35)/t22?,23?,25-/m1/s1. The average molecular weight is 519 g/mol. The zero-order valence-electron chi connectivity index (χ0n) is 22.3. The average Bonchev–Trinajstić information content (AvgIpc) is 3.62. The molecule has 0 amide bonds. The largest absolute Gasteiger partial charge is 0.388 e. The van der Waals surface area contributed by atoms with Crippen molar-refractivity contribution in [1.82, 2.24) is 24.5 Å². The van der Waals surface area contributed by atoms with Crippen LogP contribution in [0.3, 0.4) is 0 Å². The molecule has 6 rings (SSSR count). The lowest BCUT2D eigenvalue weighted by atomic mass is 9.89. The van der Waals surface area contributed by atoms with Crippen LogP contribution in [0.4, 0.5) is 11.8 Å². The third-order valence-electron chi connectivity index (χ3n) is 8.86. The lowest BCUT2D eigenvalue weighted by Gasteiger charge is -2.33. The molecule has 5 N–H and O–H groups in total. The molecular weight excluding hydrogens is 476 g/mol. The van der Waals surface area contributed by atoms with E-state index in [1.54, 1.807) is 0 Å². The summed E-state index contributed by atoms with van der Waals surface area (Å²) in [7, 11) is 0. The summed E-state index contributed by atoms with van der Waals surface area (Å²) in [6, 6.07) is 11.1. The first-order valence-electron chi connectivity index (χ1n) is 14.6. The van der Waals surface area contributed by atoms with Crippen molar-refractivity contribution in [3.05, 3.63) is 42.2 Å². The summed E-state index contributed by atoms with van der Waals surface area (Å²) in [5.41, 5.74) is 12.5. The van der Waals surface area contributed by atoms with E-state index in [2.05, 4.69) is 20.3 Å². The highest BCUT2D eigenvalue weighted by molar-refractivity contribution is 5.84. The molecule has 2 aromatic heterocycles. The molecule has 3 fully saturated rings.